The molecular weight excluding hydrogens is 246 g/mol. The van der Waals surface area contributed by atoms with Crippen molar-refractivity contribution in [3.8, 4) is 0 Å². The minimum atomic E-state index is 0.727. The molecule has 1 aliphatic rings. The Morgan fingerprint density at radius 3 is 2.94 bits per heavy atom. The van der Waals surface area contributed by atoms with Crippen LogP contribution in [0.3, 0.4) is 0 Å². The van der Waals surface area contributed by atoms with E-state index in [-0.39, 0.29) is 0 Å². The molecule has 2 aromatic rings. The van der Waals surface area contributed by atoms with Crippen LogP contribution in [0.5, 0.6) is 0 Å². The number of fused-ring (bicyclic) bond motifs is 3. The Balaban J connectivity index is 2.08. The summed E-state index contributed by atoms with van der Waals surface area (Å²) in [5.74, 6) is 0. The largest absolute Gasteiger partial charge is 0.342 e. The maximum atomic E-state index is 6.23. The van der Waals surface area contributed by atoms with E-state index in [1.54, 1.807) is 0 Å². The van der Waals surface area contributed by atoms with Crippen molar-refractivity contribution in [2.24, 2.45) is 5.73 Å². The average Bonchev–Trinajstić information content (AvgIpc) is 2.72. The lowest BCUT2D eigenvalue weighted by atomic mass is 10.1. The number of aromatic nitrogens is 1. The van der Waals surface area contributed by atoms with Gasteiger partial charge in [-0.2, -0.15) is 0 Å². The van der Waals surface area contributed by atoms with Crippen LogP contribution in [0, 0.1) is 6.92 Å². The molecule has 0 saturated carbocycles. The van der Waals surface area contributed by atoms with Crippen LogP contribution in [0.2, 0.25) is 5.02 Å². The fourth-order valence-electron chi connectivity index (χ4n) is 2.88. The smallest absolute Gasteiger partial charge is 0.0528 e. The van der Waals surface area contributed by atoms with Crippen molar-refractivity contribution in [1.82, 2.24) is 9.47 Å². The second kappa shape index (κ2) is 4.57. The summed E-state index contributed by atoms with van der Waals surface area (Å²) in [6.45, 7) is 6.89. The number of nitrogens with zero attached hydrogens (tertiary/aromatic N) is 2. The maximum Gasteiger partial charge on any atom is 0.0528 e. The first-order valence-corrected chi connectivity index (χ1v) is 6.78. The molecule has 4 heteroatoms. The van der Waals surface area contributed by atoms with Gasteiger partial charge in [-0.25, -0.2) is 0 Å². The SMILES string of the molecule is Cc1c(Cl)ccc2cc3n(c12)CCN(CCN)C3. The van der Waals surface area contributed by atoms with Gasteiger partial charge in [0.05, 0.1) is 5.52 Å². The Hall–Kier alpha value is -1.03. The molecule has 2 N–H and O–H groups in total. The highest BCUT2D eigenvalue weighted by molar-refractivity contribution is 6.32. The van der Waals surface area contributed by atoms with Gasteiger partial charge in [0, 0.05) is 48.8 Å². The summed E-state index contributed by atoms with van der Waals surface area (Å²) in [5.41, 5.74) is 9.49. The molecule has 0 radical (unpaired) electrons. The van der Waals surface area contributed by atoms with E-state index in [4.69, 9.17) is 17.3 Å². The van der Waals surface area contributed by atoms with Crippen LogP contribution in [-0.4, -0.2) is 29.1 Å². The molecule has 1 aromatic heterocycles. The molecule has 0 unspecified atom stereocenters. The zero-order valence-corrected chi connectivity index (χ0v) is 11.4. The first-order chi connectivity index (χ1) is 8.70. The van der Waals surface area contributed by atoms with Crippen molar-refractivity contribution in [1.29, 1.82) is 0 Å². The van der Waals surface area contributed by atoms with E-state index >= 15 is 0 Å². The van der Waals surface area contributed by atoms with Gasteiger partial charge in [-0.1, -0.05) is 17.7 Å². The summed E-state index contributed by atoms with van der Waals surface area (Å²) < 4.78 is 2.41. The maximum absolute atomic E-state index is 6.23. The lowest BCUT2D eigenvalue weighted by molar-refractivity contribution is 0.229. The number of benzene rings is 1. The van der Waals surface area contributed by atoms with Gasteiger partial charge in [-0.15, -0.1) is 0 Å². The van der Waals surface area contributed by atoms with Crippen LogP contribution in [0.4, 0.5) is 0 Å². The third kappa shape index (κ3) is 1.83. The molecule has 0 saturated heterocycles. The first-order valence-electron chi connectivity index (χ1n) is 6.40. The molecule has 2 heterocycles. The van der Waals surface area contributed by atoms with E-state index in [0.29, 0.717) is 0 Å². The van der Waals surface area contributed by atoms with Crippen LogP contribution in [0.25, 0.3) is 10.9 Å². The van der Waals surface area contributed by atoms with Gasteiger partial charge in [0.2, 0.25) is 0 Å². The van der Waals surface area contributed by atoms with Crippen molar-refractivity contribution in [2.75, 3.05) is 19.6 Å². The minimum Gasteiger partial charge on any atom is -0.342 e. The molecule has 0 fully saturated rings. The van der Waals surface area contributed by atoms with Gasteiger partial charge >= 0.3 is 0 Å². The summed E-state index contributed by atoms with van der Waals surface area (Å²) in [6, 6.07) is 6.38. The molecule has 0 aliphatic carbocycles. The normalized spacial score (nSPS) is 16.2. The predicted molar refractivity (Wildman–Crippen MR) is 76.0 cm³/mol. The summed E-state index contributed by atoms with van der Waals surface area (Å²) in [6.07, 6.45) is 0. The second-order valence-electron chi connectivity index (χ2n) is 4.96. The standard InChI is InChI=1S/C14H18ClN3/c1-10-13(15)3-2-11-8-12-9-17(5-4-16)6-7-18(12)14(10)11/h2-3,8H,4-7,9,16H2,1H3. The van der Waals surface area contributed by atoms with E-state index in [1.165, 1.54) is 22.2 Å². The highest BCUT2D eigenvalue weighted by Crippen LogP contribution is 2.30. The molecule has 18 heavy (non-hydrogen) atoms. The summed E-state index contributed by atoms with van der Waals surface area (Å²) in [4.78, 5) is 2.41. The van der Waals surface area contributed by atoms with Gasteiger partial charge < -0.3 is 10.3 Å². The van der Waals surface area contributed by atoms with Gasteiger partial charge in [0.1, 0.15) is 0 Å². The number of hydrogen-bond acceptors (Lipinski definition) is 2. The Kier molecular flexibility index (Phi) is 3.06. The highest BCUT2D eigenvalue weighted by atomic mass is 35.5. The Labute approximate surface area is 112 Å². The topological polar surface area (TPSA) is 34.2 Å². The molecule has 0 atom stereocenters. The Morgan fingerprint density at radius 1 is 1.33 bits per heavy atom. The predicted octanol–water partition coefficient (Wildman–Crippen LogP) is 2.38. The van der Waals surface area contributed by atoms with E-state index in [1.807, 2.05) is 6.07 Å². The van der Waals surface area contributed by atoms with Crippen molar-refractivity contribution < 1.29 is 0 Å². The molecule has 0 spiro atoms. The molecule has 3 nitrogen and oxygen atoms in total. The van der Waals surface area contributed by atoms with Gasteiger partial charge in [0.25, 0.3) is 0 Å². The fourth-order valence-corrected chi connectivity index (χ4v) is 3.03. The average molecular weight is 264 g/mol. The van der Waals surface area contributed by atoms with E-state index in [9.17, 15) is 0 Å². The molecule has 1 aliphatic heterocycles. The molecule has 1 aromatic carbocycles. The quantitative estimate of drug-likeness (QED) is 0.903. The lowest BCUT2D eigenvalue weighted by Crippen LogP contribution is -2.36. The molecule has 0 amide bonds. The zero-order chi connectivity index (χ0) is 12.7. The number of nitrogens with two attached hydrogens (primary N) is 1. The van der Waals surface area contributed by atoms with Crippen LogP contribution >= 0.6 is 11.6 Å². The van der Waals surface area contributed by atoms with Crippen LogP contribution in [0.15, 0.2) is 18.2 Å². The number of halogens is 1. The highest BCUT2D eigenvalue weighted by Gasteiger charge is 2.19. The monoisotopic (exact) mass is 263 g/mol. The Bertz CT molecular complexity index is 588. The Morgan fingerprint density at radius 2 is 2.17 bits per heavy atom. The zero-order valence-electron chi connectivity index (χ0n) is 10.6. The van der Waals surface area contributed by atoms with Gasteiger partial charge in [-0.3, -0.25) is 4.90 Å². The van der Waals surface area contributed by atoms with Crippen LogP contribution < -0.4 is 5.73 Å². The second-order valence-corrected chi connectivity index (χ2v) is 5.37. The van der Waals surface area contributed by atoms with Crippen LogP contribution in [-0.2, 0) is 13.1 Å². The number of hydrogen-bond donors (Lipinski definition) is 1. The van der Waals surface area contributed by atoms with Crippen LogP contribution in [0.1, 0.15) is 11.3 Å². The van der Waals surface area contributed by atoms with E-state index in [2.05, 4.69) is 28.5 Å². The summed E-state index contributed by atoms with van der Waals surface area (Å²) in [7, 11) is 0. The van der Waals surface area contributed by atoms with Gasteiger partial charge in [-0.05, 0) is 24.6 Å². The third-order valence-corrected chi connectivity index (χ3v) is 4.22. The molecule has 0 bridgehead atoms. The minimum absolute atomic E-state index is 0.727. The van der Waals surface area contributed by atoms with E-state index < -0.39 is 0 Å². The molecular formula is C14H18ClN3. The molecule has 96 valence electrons. The van der Waals surface area contributed by atoms with Crippen molar-refractivity contribution in [2.45, 2.75) is 20.0 Å². The van der Waals surface area contributed by atoms with Crippen molar-refractivity contribution >= 4 is 22.5 Å². The molecule has 3 rings (SSSR count). The summed E-state index contributed by atoms with van der Waals surface area (Å²) >= 11 is 6.23. The first kappa shape index (κ1) is 12.0. The summed E-state index contributed by atoms with van der Waals surface area (Å²) in [5, 5.41) is 2.15. The number of aryl methyl sites for hydroxylation is 1. The number of rotatable bonds is 2. The third-order valence-electron chi connectivity index (χ3n) is 3.81. The fraction of sp³-hybridized carbons (Fsp3) is 0.429. The van der Waals surface area contributed by atoms with Crippen molar-refractivity contribution in [3.63, 3.8) is 0 Å². The lowest BCUT2D eigenvalue weighted by Gasteiger charge is -2.28. The van der Waals surface area contributed by atoms with Gasteiger partial charge in [0.15, 0.2) is 0 Å². The van der Waals surface area contributed by atoms with E-state index in [0.717, 1.165) is 37.7 Å². The van der Waals surface area contributed by atoms with Crippen molar-refractivity contribution in [3.05, 3.63) is 34.5 Å².